The van der Waals surface area contributed by atoms with Crippen LogP contribution in [0.25, 0.3) is 10.8 Å². The van der Waals surface area contributed by atoms with Gasteiger partial charge >= 0.3 is 0 Å². The van der Waals surface area contributed by atoms with Crippen molar-refractivity contribution in [2.75, 3.05) is 0 Å². The molecule has 72 valence electrons. The summed E-state index contributed by atoms with van der Waals surface area (Å²) in [5, 5.41) is 1.63. The minimum atomic E-state index is -2.62. The highest BCUT2D eigenvalue weighted by molar-refractivity contribution is 7.72. The summed E-state index contributed by atoms with van der Waals surface area (Å²) in [5.74, 6) is 0. The fraction of sp³-hybridized carbons (Fsp3) is 0. The van der Waals surface area contributed by atoms with Gasteiger partial charge in [0.05, 0.1) is 9.92 Å². The van der Waals surface area contributed by atoms with Crippen molar-refractivity contribution in [2.45, 2.75) is 4.90 Å². The molecule has 2 aromatic rings. The quantitative estimate of drug-likeness (QED) is 0.757. The van der Waals surface area contributed by atoms with Crippen molar-refractivity contribution < 1.29 is 8.42 Å². The van der Waals surface area contributed by atoms with Crippen molar-refractivity contribution >= 4 is 33.1 Å². The molecule has 0 bridgehead atoms. The average molecular weight is 228 g/mol. The molecule has 3 nitrogen and oxygen atoms in total. The third-order valence-corrected chi connectivity index (χ3v) is 2.96. The molecular formula is C9H6ClNO2S. The van der Waals surface area contributed by atoms with E-state index in [1.54, 1.807) is 18.3 Å². The van der Waals surface area contributed by atoms with Crippen LogP contribution in [0.4, 0.5) is 0 Å². The maximum atomic E-state index is 10.9. The van der Waals surface area contributed by atoms with Gasteiger partial charge in [0.25, 0.3) is 0 Å². The average Bonchev–Trinajstić information content (AvgIpc) is 2.17. The molecule has 0 saturated carbocycles. The van der Waals surface area contributed by atoms with Crippen LogP contribution in [-0.2, 0) is 10.7 Å². The van der Waals surface area contributed by atoms with E-state index in [0.29, 0.717) is 10.4 Å². The first kappa shape index (κ1) is 9.43. The normalized spacial score (nSPS) is 11.0. The van der Waals surface area contributed by atoms with Crippen LogP contribution in [0.1, 0.15) is 0 Å². The lowest BCUT2D eigenvalue weighted by Gasteiger charge is -2.01. The topological polar surface area (TPSA) is 47.0 Å². The Morgan fingerprint density at radius 2 is 2.00 bits per heavy atom. The van der Waals surface area contributed by atoms with E-state index in [2.05, 4.69) is 4.98 Å². The van der Waals surface area contributed by atoms with E-state index in [1.165, 1.54) is 12.3 Å². The van der Waals surface area contributed by atoms with E-state index in [0.717, 1.165) is 5.39 Å². The molecule has 0 N–H and O–H groups in total. The SMILES string of the molecule is O=[SH](=O)c1cccc2cncc(Cl)c12. The van der Waals surface area contributed by atoms with Crippen LogP contribution >= 0.6 is 11.6 Å². The zero-order valence-corrected chi connectivity index (χ0v) is 8.63. The van der Waals surface area contributed by atoms with Gasteiger partial charge in [-0.05, 0) is 6.07 Å². The molecule has 0 fully saturated rings. The number of halogens is 1. The fourth-order valence-electron chi connectivity index (χ4n) is 1.32. The van der Waals surface area contributed by atoms with Gasteiger partial charge in [-0.2, -0.15) is 0 Å². The molecule has 0 unspecified atom stereocenters. The summed E-state index contributed by atoms with van der Waals surface area (Å²) in [6.45, 7) is 0. The Hall–Kier alpha value is -1.13. The van der Waals surface area contributed by atoms with E-state index in [4.69, 9.17) is 11.6 Å². The first-order valence-electron chi connectivity index (χ1n) is 3.87. The van der Waals surface area contributed by atoms with Crippen LogP contribution in [0.2, 0.25) is 5.02 Å². The molecule has 14 heavy (non-hydrogen) atoms. The zero-order chi connectivity index (χ0) is 10.1. The second kappa shape index (κ2) is 3.55. The molecule has 0 amide bonds. The number of rotatable bonds is 1. The van der Waals surface area contributed by atoms with Gasteiger partial charge in [0.15, 0.2) is 10.7 Å². The molecule has 1 heterocycles. The van der Waals surface area contributed by atoms with Crippen molar-refractivity contribution in [3.8, 4) is 0 Å². The second-order valence-electron chi connectivity index (χ2n) is 2.75. The van der Waals surface area contributed by atoms with Gasteiger partial charge in [-0.15, -0.1) is 0 Å². The molecule has 0 radical (unpaired) electrons. The molecule has 1 aromatic heterocycles. The highest BCUT2D eigenvalue weighted by atomic mass is 35.5. The Labute approximate surface area is 87.3 Å². The van der Waals surface area contributed by atoms with Gasteiger partial charge in [-0.3, -0.25) is 4.98 Å². The third-order valence-electron chi connectivity index (χ3n) is 1.91. The van der Waals surface area contributed by atoms with Gasteiger partial charge in [-0.25, -0.2) is 8.42 Å². The molecule has 2 rings (SSSR count). The molecule has 0 spiro atoms. The molecule has 0 aliphatic rings. The summed E-state index contributed by atoms with van der Waals surface area (Å²) in [6.07, 6.45) is 3.02. The summed E-state index contributed by atoms with van der Waals surface area (Å²) in [5.41, 5.74) is 0. The number of benzene rings is 1. The number of thiol groups is 1. The smallest absolute Gasteiger partial charge is 0.168 e. The van der Waals surface area contributed by atoms with Crippen molar-refractivity contribution in [3.63, 3.8) is 0 Å². The Morgan fingerprint density at radius 1 is 1.21 bits per heavy atom. The molecule has 0 saturated heterocycles. The van der Waals surface area contributed by atoms with Crippen molar-refractivity contribution in [1.29, 1.82) is 0 Å². The number of nitrogens with zero attached hydrogens (tertiary/aromatic N) is 1. The van der Waals surface area contributed by atoms with Crippen LogP contribution in [0.15, 0.2) is 35.5 Å². The monoisotopic (exact) mass is 227 g/mol. The van der Waals surface area contributed by atoms with E-state index in [1.807, 2.05) is 0 Å². The summed E-state index contributed by atoms with van der Waals surface area (Å²) in [4.78, 5) is 4.12. The van der Waals surface area contributed by atoms with Gasteiger partial charge in [0, 0.05) is 23.2 Å². The Bertz CT molecular complexity index is 552. The Kier molecular flexibility index (Phi) is 2.39. The molecule has 0 aliphatic heterocycles. The maximum Gasteiger partial charge on any atom is 0.168 e. The minimum absolute atomic E-state index is 0.241. The van der Waals surface area contributed by atoms with E-state index in [9.17, 15) is 8.42 Å². The Morgan fingerprint density at radius 3 is 2.71 bits per heavy atom. The minimum Gasteiger partial charge on any atom is -0.263 e. The second-order valence-corrected chi connectivity index (χ2v) is 4.16. The fourth-order valence-corrected chi connectivity index (χ4v) is 2.30. The predicted molar refractivity (Wildman–Crippen MR) is 55.3 cm³/mol. The molecule has 5 heteroatoms. The van der Waals surface area contributed by atoms with Crippen LogP contribution in [0, 0.1) is 0 Å². The standard InChI is InChI=1S/C9H6ClNO2S/c10-7-5-11-4-6-2-1-3-8(9(6)7)14(12)13/h1-5,14H. The van der Waals surface area contributed by atoms with Crippen molar-refractivity contribution in [2.24, 2.45) is 0 Å². The maximum absolute atomic E-state index is 10.9. The first-order valence-corrected chi connectivity index (χ1v) is 5.42. The lowest BCUT2D eigenvalue weighted by molar-refractivity contribution is 0.615. The van der Waals surface area contributed by atoms with Gasteiger partial charge < -0.3 is 0 Å². The zero-order valence-electron chi connectivity index (χ0n) is 6.98. The van der Waals surface area contributed by atoms with Crippen LogP contribution in [0.5, 0.6) is 0 Å². The van der Waals surface area contributed by atoms with Crippen LogP contribution < -0.4 is 0 Å². The number of hydrogen-bond donors (Lipinski definition) is 1. The Balaban J connectivity index is 2.98. The number of pyridine rings is 1. The molecule has 1 aromatic carbocycles. The van der Waals surface area contributed by atoms with E-state index in [-0.39, 0.29) is 4.90 Å². The van der Waals surface area contributed by atoms with E-state index >= 15 is 0 Å². The van der Waals surface area contributed by atoms with Crippen LogP contribution in [-0.4, -0.2) is 13.4 Å². The lowest BCUT2D eigenvalue weighted by Crippen LogP contribution is -1.85. The summed E-state index contributed by atoms with van der Waals surface area (Å²) in [6, 6.07) is 4.97. The molecule has 0 aliphatic carbocycles. The molecular weight excluding hydrogens is 222 g/mol. The summed E-state index contributed by atoms with van der Waals surface area (Å²) < 4.78 is 21.9. The first-order chi connectivity index (χ1) is 6.70. The summed E-state index contributed by atoms with van der Waals surface area (Å²) in [7, 11) is -2.62. The predicted octanol–water partition coefficient (Wildman–Crippen LogP) is 1.86. The summed E-state index contributed by atoms with van der Waals surface area (Å²) >= 11 is 5.88. The highest BCUT2D eigenvalue weighted by Gasteiger charge is 2.06. The highest BCUT2D eigenvalue weighted by Crippen LogP contribution is 2.26. The number of hydrogen-bond acceptors (Lipinski definition) is 3. The lowest BCUT2D eigenvalue weighted by atomic mass is 10.2. The third kappa shape index (κ3) is 1.47. The van der Waals surface area contributed by atoms with Gasteiger partial charge in [0.1, 0.15) is 0 Å². The van der Waals surface area contributed by atoms with Crippen molar-refractivity contribution in [1.82, 2.24) is 4.98 Å². The number of fused-ring (bicyclic) bond motifs is 1. The van der Waals surface area contributed by atoms with Gasteiger partial charge in [0.2, 0.25) is 0 Å². The molecule has 0 atom stereocenters. The number of aromatic nitrogens is 1. The van der Waals surface area contributed by atoms with Gasteiger partial charge in [-0.1, -0.05) is 23.7 Å². The van der Waals surface area contributed by atoms with Crippen molar-refractivity contribution in [3.05, 3.63) is 35.6 Å². The largest absolute Gasteiger partial charge is 0.263 e. The van der Waals surface area contributed by atoms with Crippen LogP contribution in [0.3, 0.4) is 0 Å². The van der Waals surface area contributed by atoms with E-state index < -0.39 is 10.7 Å².